The first-order valence-corrected chi connectivity index (χ1v) is 6.74. The normalized spacial score (nSPS) is 20.4. The van der Waals surface area contributed by atoms with E-state index >= 15 is 0 Å². The molecule has 0 radical (unpaired) electrons. The topological polar surface area (TPSA) is 74.5 Å². The maximum absolute atomic E-state index is 12.3. The van der Waals surface area contributed by atoms with Gasteiger partial charge in [-0.3, -0.25) is 9.69 Å². The van der Waals surface area contributed by atoms with Crippen LogP contribution in [0.4, 0.5) is 5.82 Å². The van der Waals surface area contributed by atoms with Gasteiger partial charge in [0.2, 0.25) is 0 Å². The van der Waals surface area contributed by atoms with Crippen LogP contribution in [0, 0.1) is 0 Å². The highest BCUT2D eigenvalue weighted by Gasteiger charge is 2.32. The van der Waals surface area contributed by atoms with E-state index < -0.39 is 0 Å². The van der Waals surface area contributed by atoms with Crippen LogP contribution in [0.1, 0.15) is 23.2 Å². The minimum Gasteiger partial charge on any atom is -0.336 e. The van der Waals surface area contributed by atoms with Crippen molar-refractivity contribution in [3.8, 4) is 0 Å². The van der Waals surface area contributed by atoms with Crippen LogP contribution in [-0.4, -0.2) is 52.9 Å². The largest absolute Gasteiger partial charge is 0.336 e. The standard InChI is InChI=1S/C13H19N5O/c14-16-12-4-1-10(9-15-12)13(19)18-7-5-17(6-8-18)11-2-3-11/h1,4,9,11H,2-3,5-8,14H2,(H,15,16). The molecule has 102 valence electrons. The third-order valence-electron chi connectivity index (χ3n) is 3.82. The summed E-state index contributed by atoms with van der Waals surface area (Å²) in [6.07, 6.45) is 4.22. The molecule has 2 heterocycles. The lowest BCUT2D eigenvalue weighted by Crippen LogP contribution is -2.49. The number of pyridine rings is 1. The van der Waals surface area contributed by atoms with Gasteiger partial charge in [0, 0.05) is 38.4 Å². The number of hydrogen-bond donors (Lipinski definition) is 2. The number of anilines is 1. The molecular weight excluding hydrogens is 242 g/mol. The van der Waals surface area contributed by atoms with Crippen molar-refractivity contribution in [2.75, 3.05) is 31.6 Å². The van der Waals surface area contributed by atoms with E-state index in [1.165, 1.54) is 12.8 Å². The maximum Gasteiger partial charge on any atom is 0.255 e. The summed E-state index contributed by atoms with van der Waals surface area (Å²) in [7, 11) is 0. The lowest BCUT2D eigenvalue weighted by atomic mass is 10.2. The van der Waals surface area contributed by atoms with E-state index in [0.29, 0.717) is 11.4 Å². The molecule has 0 atom stereocenters. The second-order valence-electron chi connectivity index (χ2n) is 5.14. The third kappa shape index (κ3) is 2.69. The lowest BCUT2D eigenvalue weighted by molar-refractivity contribution is 0.0627. The third-order valence-corrected chi connectivity index (χ3v) is 3.82. The molecule has 0 unspecified atom stereocenters. The summed E-state index contributed by atoms with van der Waals surface area (Å²) >= 11 is 0. The monoisotopic (exact) mass is 261 g/mol. The Kier molecular flexibility index (Phi) is 3.35. The quantitative estimate of drug-likeness (QED) is 0.604. The molecule has 1 amide bonds. The number of hydrogen-bond acceptors (Lipinski definition) is 5. The summed E-state index contributed by atoms with van der Waals surface area (Å²) < 4.78 is 0. The smallest absolute Gasteiger partial charge is 0.255 e. The highest BCUT2D eigenvalue weighted by Crippen LogP contribution is 2.27. The minimum atomic E-state index is 0.0616. The number of nitrogens with zero attached hydrogens (tertiary/aromatic N) is 3. The first kappa shape index (κ1) is 12.4. The Balaban J connectivity index is 1.60. The van der Waals surface area contributed by atoms with Crippen molar-refractivity contribution in [2.45, 2.75) is 18.9 Å². The zero-order valence-corrected chi connectivity index (χ0v) is 10.9. The van der Waals surface area contributed by atoms with E-state index in [1.54, 1.807) is 18.3 Å². The van der Waals surface area contributed by atoms with Gasteiger partial charge in [0.15, 0.2) is 0 Å². The van der Waals surface area contributed by atoms with Crippen LogP contribution < -0.4 is 11.3 Å². The van der Waals surface area contributed by atoms with Gasteiger partial charge < -0.3 is 10.3 Å². The predicted molar refractivity (Wildman–Crippen MR) is 72.5 cm³/mol. The molecule has 1 saturated heterocycles. The maximum atomic E-state index is 12.3. The second kappa shape index (κ2) is 5.14. The average Bonchev–Trinajstić information content (AvgIpc) is 3.31. The van der Waals surface area contributed by atoms with E-state index in [-0.39, 0.29) is 5.91 Å². The number of amides is 1. The Morgan fingerprint density at radius 2 is 2.00 bits per heavy atom. The zero-order valence-electron chi connectivity index (χ0n) is 10.9. The van der Waals surface area contributed by atoms with Gasteiger partial charge in [-0.25, -0.2) is 10.8 Å². The number of nitrogens with two attached hydrogens (primary N) is 1. The highest BCUT2D eigenvalue weighted by molar-refractivity contribution is 5.94. The molecule has 0 bridgehead atoms. The van der Waals surface area contributed by atoms with Gasteiger partial charge in [-0.2, -0.15) is 0 Å². The summed E-state index contributed by atoms with van der Waals surface area (Å²) in [5, 5.41) is 0. The van der Waals surface area contributed by atoms with Crippen LogP contribution >= 0.6 is 0 Å². The van der Waals surface area contributed by atoms with Gasteiger partial charge >= 0.3 is 0 Å². The first-order chi connectivity index (χ1) is 9.28. The van der Waals surface area contributed by atoms with Crippen LogP contribution in [0.3, 0.4) is 0 Å². The van der Waals surface area contributed by atoms with E-state index in [2.05, 4.69) is 15.3 Å². The number of nitrogen functional groups attached to an aromatic ring is 1. The molecule has 6 heteroatoms. The SMILES string of the molecule is NNc1ccc(C(=O)N2CCN(C3CC3)CC2)cn1. The van der Waals surface area contributed by atoms with Gasteiger partial charge in [0.05, 0.1) is 5.56 Å². The number of piperazine rings is 1. The Bertz CT molecular complexity index is 449. The Morgan fingerprint density at radius 1 is 1.26 bits per heavy atom. The molecule has 0 spiro atoms. The number of rotatable bonds is 3. The van der Waals surface area contributed by atoms with E-state index in [0.717, 1.165) is 32.2 Å². The van der Waals surface area contributed by atoms with Gasteiger partial charge in [-0.1, -0.05) is 0 Å². The molecule has 1 saturated carbocycles. The highest BCUT2D eigenvalue weighted by atomic mass is 16.2. The molecule has 2 fully saturated rings. The van der Waals surface area contributed by atoms with Gasteiger partial charge in [-0.15, -0.1) is 0 Å². The predicted octanol–water partition coefficient (Wildman–Crippen LogP) is 0.287. The van der Waals surface area contributed by atoms with Crippen LogP contribution in [0.15, 0.2) is 18.3 Å². The molecule has 2 aliphatic rings. The van der Waals surface area contributed by atoms with Crippen molar-refractivity contribution < 1.29 is 4.79 Å². The Labute approximate surface area is 112 Å². The minimum absolute atomic E-state index is 0.0616. The summed E-state index contributed by atoms with van der Waals surface area (Å²) in [6, 6.07) is 4.26. The van der Waals surface area contributed by atoms with E-state index in [9.17, 15) is 4.79 Å². The van der Waals surface area contributed by atoms with E-state index in [1.807, 2.05) is 4.90 Å². The summed E-state index contributed by atoms with van der Waals surface area (Å²) in [5.74, 6) is 5.88. The molecule has 1 aliphatic heterocycles. The number of carbonyl (C=O) groups is 1. The molecule has 6 nitrogen and oxygen atoms in total. The number of hydrazine groups is 1. The van der Waals surface area contributed by atoms with Crippen molar-refractivity contribution in [3.05, 3.63) is 23.9 Å². The summed E-state index contributed by atoms with van der Waals surface area (Å²) in [6.45, 7) is 3.61. The van der Waals surface area contributed by atoms with Gasteiger partial charge in [0.25, 0.3) is 5.91 Å². The van der Waals surface area contributed by atoms with Crippen molar-refractivity contribution in [1.82, 2.24) is 14.8 Å². The summed E-state index contributed by atoms with van der Waals surface area (Å²) in [5.41, 5.74) is 3.08. The van der Waals surface area contributed by atoms with Crippen molar-refractivity contribution in [3.63, 3.8) is 0 Å². The van der Waals surface area contributed by atoms with Gasteiger partial charge in [0.1, 0.15) is 5.82 Å². The lowest BCUT2D eigenvalue weighted by Gasteiger charge is -2.34. The van der Waals surface area contributed by atoms with Gasteiger partial charge in [-0.05, 0) is 25.0 Å². The van der Waals surface area contributed by atoms with Crippen molar-refractivity contribution in [2.24, 2.45) is 5.84 Å². The second-order valence-corrected chi connectivity index (χ2v) is 5.14. The zero-order chi connectivity index (χ0) is 13.2. The van der Waals surface area contributed by atoms with Crippen molar-refractivity contribution in [1.29, 1.82) is 0 Å². The molecular formula is C13H19N5O. The summed E-state index contributed by atoms with van der Waals surface area (Å²) in [4.78, 5) is 20.8. The molecule has 1 aliphatic carbocycles. The molecule has 1 aromatic rings. The van der Waals surface area contributed by atoms with Crippen LogP contribution in [0.25, 0.3) is 0 Å². The number of nitrogens with one attached hydrogen (secondary N) is 1. The van der Waals surface area contributed by atoms with E-state index in [4.69, 9.17) is 5.84 Å². The average molecular weight is 261 g/mol. The Hall–Kier alpha value is -1.66. The first-order valence-electron chi connectivity index (χ1n) is 6.74. The van der Waals surface area contributed by atoms with Crippen LogP contribution in [0.5, 0.6) is 0 Å². The molecule has 3 N–H and O–H groups in total. The molecule has 19 heavy (non-hydrogen) atoms. The van der Waals surface area contributed by atoms with Crippen molar-refractivity contribution >= 4 is 11.7 Å². The number of carbonyl (C=O) groups excluding carboxylic acids is 1. The fourth-order valence-corrected chi connectivity index (χ4v) is 2.52. The molecule has 3 rings (SSSR count). The Morgan fingerprint density at radius 3 is 2.53 bits per heavy atom. The van der Waals surface area contributed by atoms with Crippen LogP contribution in [0.2, 0.25) is 0 Å². The number of aromatic nitrogens is 1. The van der Waals surface area contributed by atoms with Crippen LogP contribution in [-0.2, 0) is 0 Å². The fraction of sp³-hybridized carbons (Fsp3) is 0.538. The fourth-order valence-electron chi connectivity index (χ4n) is 2.52. The molecule has 0 aromatic carbocycles. The molecule has 1 aromatic heterocycles.